The average molecular weight is 375 g/mol. The first-order valence-electron chi connectivity index (χ1n) is 6.42. The van der Waals surface area contributed by atoms with Crippen LogP contribution in [0.5, 0.6) is 5.88 Å². The number of aromatic amines is 1. The summed E-state index contributed by atoms with van der Waals surface area (Å²) in [7, 11) is 0. The molecule has 3 N–H and O–H groups in total. The van der Waals surface area contributed by atoms with Crippen molar-refractivity contribution in [3.8, 4) is 5.88 Å². The largest absolute Gasteiger partial charge is 0.493 e. The molecule has 1 aromatic heterocycles. The number of hydrogen-bond acceptors (Lipinski definition) is 3. The van der Waals surface area contributed by atoms with Gasteiger partial charge in [0.1, 0.15) is 0 Å². The minimum atomic E-state index is -0.0480. The van der Waals surface area contributed by atoms with Gasteiger partial charge in [0.05, 0.1) is 5.52 Å². The van der Waals surface area contributed by atoms with E-state index in [-0.39, 0.29) is 11.0 Å². The fraction of sp³-hybridized carbons (Fsp3) is 0. The summed E-state index contributed by atoms with van der Waals surface area (Å²) in [5, 5.41) is 21.9. The number of hydrogen-bond donors (Lipinski definition) is 3. The van der Waals surface area contributed by atoms with Gasteiger partial charge in [0.15, 0.2) is 5.69 Å². The standard InChI is InChI=1S/C15H11BrN4OS/c16-10-7-4-8-11-12(10)13(14(21)18-11)19-20-15(22)17-9-5-2-1-3-6-9/h1-8,18,21H,(H,17,22). The number of fused-ring (bicyclic) bond motifs is 1. The second-order valence-electron chi connectivity index (χ2n) is 4.48. The van der Waals surface area contributed by atoms with Crippen LogP contribution in [-0.4, -0.2) is 15.2 Å². The van der Waals surface area contributed by atoms with Crippen molar-refractivity contribution < 1.29 is 5.11 Å². The molecule has 0 aliphatic rings. The van der Waals surface area contributed by atoms with Crippen LogP contribution in [0, 0.1) is 0 Å². The molecular formula is C15H11BrN4OS. The Labute approximate surface area is 140 Å². The molecule has 5 nitrogen and oxygen atoms in total. The number of aromatic nitrogens is 1. The van der Waals surface area contributed by atoms with Crippen molar-refractivity contribution >= 4 is 55.5 Å². The first-order valence-corrected chi connectivity index (χ1v) is 7.62. The van der Waals surface area contributed by atoms with E-state index in [1.165, 1.54) is 0 Å². The van der Waals surface area contributed by atoms with E-state index >= 15 is 0 Å². The van der Waals surface area contributed by atoms with E-state index in [4.69, 9.17) is 12.2 Å². The number of nitrogens with zero attached hydrogens (tertiary/aromatic N) is 2. The van der Waals surface area contributed by atoms with Gasteiger partial charge in [-0.25, -0.2) is 0 Å². The van der Waals surface area contributed by atoms with Crippen molar-refractivity contribution in [3.05, 3.63) is 53.0 Å². The SMILES string of the molecule is Oc1[nH]c2cccc(Br)c2c1N=NC(=S)Nc1ccccc1. The normalized spacial score (nSPS) is 11.1. The highest BCUT2D eigenvalue weighted by atomic mass is 79.9. The van der Waals surface area contributed by atoms with E-state index in [0.717, 1.165) is 21.1 Å². The lowest BCUT2D eigenvalue weighted by Gasteiger charge is -2.01. The van der Waals surface area contributed by atoms with Crippen LogP contribution in [0.25, 0.3) is 10.9 Å². The van der Waals surface area contributed by atoms with E-state index in [9.17, 15) is 5.11 Å². The van der Waals surface area contributed by atoms with E-state index in [0.29, 0.717) is 5.69 Å². The van der Waals surface area contributed by atoms with Gasteiger partial charge < -0.3 is 15.4 Å². The monoisotopic (exact) mass is 374 g/mol. The molecule has 0 unspecified atom stereocenters. The van der Waals surface area contributed by atoms with Gasteiger partial charge in [-0.15, -0.1) is 10.2 Å². The highest BCUT2D eigenvalue weighted by molar-refractivity contribution is 9.10. The zero-order valence-corrected chi connectivity index (χ0v) is 13.6. The summed E-state index contributed by atoms with van der Waals surface area (Å²) >= 11 is 8.57. The Morgan fingerprint density at radius 3 is 2.68 bits per heavy atom. The predicted octanol–water partition coefficient (Wildman–Crippen LogP) is 5.12. The molecule has 0 bridgehead atoms. The fourth-order valence-corrected chi connectivity index (χ4v) is 2.75. The van der Waals surface area contributed by atoms with Crippen LogP contribution in [0.4, 0.5) is 11.4 Å². The van der Waals surface area contributed by atoms with Crippen LogP contribution in [0.2, 0.25) is 0 Å². The Kier molecular flexibility index (Phi) is 4.17. The minimum absolute atomic E-state index is 0.0480. The Morgan fingerprint density at radius 2 is 1.91 bits per heavy atom. The number of azo groups is 1. The third-order valence-corrected chi connectivity index (χ3v) is 3.84. The molecule has 3 rings (SSSR count). The molecule has 0 aliphatic carbocycles. The first-order chi connectivity index (χ1) is 10.6. The summed E-state index contributed by atoms with van der Waals surface area (Å²) in [6.07, 6.45) is 0. The van der Waals surface area contributed by atoms with E-state index in [1.807, 2.05) is 48.5 Å². The van der Waals surface area contributed by atoms with Crippen LogP contribution in [0.3, 0.4) is 0 Å². The number of aromatic hydroxyl groups is 1. The maximum Gasteiger partial charge on any atom is 0.218 e. The minimum Gasteiger partial charge on any atom is -0.493 e. The Hall–Kier alpha value is -2.25. The Bertz CT molecular complexity index is 861. The molecule has 0 fully saturated rings. The lowest BCUT2D eigenvalue weighted by molar-refractivity contribution is 0.459. The number of halogens is 1. The molecule has 110 valence electrons. The summed E-state index contributed by atoms with van der Waals surface area (Å²) in [5.74, 6) is -0.0480. The summed E-state index contributed by atoms with van der Waals surface area (Å²) < 4.78 is 0.817. The van der Waals surface area contributed by atoms with Crippen LogP contribution >= 0.6 is 28.1 Å². The van der Waals surface area contributed by atoms with Gasteiger partial charge in [0.25, 0.3) is 0 Å². The smallest absolute Gasteiger partial charge is 0.218 e. The van der Waals surface area contributed by atoms with Gasteiger partial charge in [-0.05, 0) is 36.5 Å². The van der Waals surface area contributed by atoms with Crippen molar-refractivity contribution in [2.24, 2.45) is 10.2 Å². The summed E-state index contributed by atoms with van der Waals surface area (Å²) in [6, 6.07) is 15.0. The van der Waals surface area contributed by atoms with Crippen LogP contribution in [0.1, 0.15) is 0 Å². The summed E-state index contributed by atoms with van der Waals surface area (Å²) in [6.45, 7) is 0. The summed E-state index contributed by atoms with van der Waals surface area (Å²) in [5.41, 5.74) is 1.94. The molecule has 0 saturated heterocycles. The third-order valence-electron chi connectivity index (χ3n) is 2.99. The van der Waals surface area contributed by atoms with Gasteiger partial charge in [-0.2, -0.15) is 0 Å². The van der Waals surface area contributed by atoms with Gasteiger partial charge in [0, 0.05) is 15.5 Å². The molecule has 0 saturated carbocycles. The zero-order chi connectivity index (χ0) is 15.5. The van der Waals surface area contributed by atoms with Crippen molar-refractivity contribution in [2.75, 3.05) is 5.32 Å². The van der Waals surface area contributed by atoms with Crippen LogP contribution in [0.15, 0.2) is 63.2 Å². The number of anilines is 1. The van der Waals surface area contributed by atoms with E-state index in [1.54, 1.807) is 0 Å². The number of thiocarbonyl (C=S) groups is 1. The topological polar surface area (TPSA) is 72.8 Å². The van der Waals surface area contributed by atoms with Gasteiger partial charge >= 0.3 is 0 Å². The molecule has 2 aromatic carbocycles. The Morgan fingerprint density at radius 1 is 1.14 bits per heavy atom. The number of para-hydroxylation sites is 1. The van der Waals surface area contributed by atoms with Crippen LogP contribution in [-0.2, 0) is 0 Å². The fourth-order valence-electron chi connectivity index (χ4n) is 2.04. The van der Waals surface area contributed by atoms with Crippen LogP contribution < -0.4 is 5.32 Å². The second kappa shape index (κ2) is 6.25. The lowest BCUT2D eigenvalue weighted by atomic mass is 10.2. The molecule has 0 aliphatic heterocycles. The number of nitrogens with one attached hydrogen (secondary N) is 2. The van der Waals surface area contributed by atoms with E-state index < -0.39 is 0 Å². The molecule has 22 heavy (non-hydrogen) atoms. The molecule has 0 atom stereocenters. The molecule has 7 heteroatoms. The number of rotatable bonds is 2. The third kappa shape index (κ3) is 3.00. The van der Waals surface area contributed by atoms with Gasteiger partial charge in [-0.3, -0.25) is 0 Å². The molecule has 1 heterocycles. The molecule has 0 amide bonds. The first kappa shape index (κ1) is 14.7. The quantitative estimate of drug-likeness (QED) is 0.430. The van der Waals surface area contributed by atoms with Crippen molar-refractivity contribution in [3.63, 3.8) is 0 Å². The Balaban J connectivity index is 1.87. The highest BCUT2D eigenvalue weighted by Gasteiger charge is 2.13. The van der Waals surface area contributed by atoms with Gasteiger partial charge in [0.2, 0.25) is 11.0 Å². The van der Waals surface area contributed by atoms with Crippen molar-refractivity contribution in [1.82, 2.24) is 4.98 Å². The molecule has 0 spiro atoms. The maximum atomic E-state index is 9.97. The average Bonchev–Trinajstić information content (AvgIpc) is 2.83. The predicted molar refractivity (Wildman–Crippen MR) is 94.8 cm³/mol. The maximum absolute atomic E-state index is 9.97. The van der Waals surface area contributed by atoms with Gasteiger partial charge in [-0.1, -0.05) is 40.2 Å². The zero-order valence-electron chi connectivity index (χ0n) is 11.2. The van der Waals surface area contributed by atoms with Crippen molar-refractivity contribution in [2.45, 2.75) is 0 Å². The number of benzene rings is 2. The lowest BCUT2D eigenvalue weighted by Crippen LogP contribution is -2.04. The highest BCUT2D eigenvalue weighted by Crippen LogP contribution is 2.39. The van der Waals surface area contributed by atoms with Crippen molar-refractivity contribution in [1.29, 1.82) is 0 Å². The molecule has 3 aromatic rings. The summed E-state index contributed by atoms with van der Waals surface area (Å²) in [4.78, 5) is 2.85. The number of H-pyrrole nitrogens is 1. The molecule has 0 radical (unpaired) electrons. The second-order valence-corrected chi connectivity index (χ2v) is 5.72. The molecular weight excluding hydrogens is 364 g/mol. The van der Waals surface area contributed by atoms with E-state index in [2.05, 4.69) is 36.5 Å².